The van der Waals surface area contributed by atoms with Crippen LogP contribution < -0.4 is 0 Å². The lowest BCUT2D eigenvalue weighted by Crippen LogP contribution is -2.37. The molecular weight excluding hydrogens is 318 g/mol. The SMILES string of the molecule is O=C(c1cc(C(F)F)[nH]n1)N(Cc1ccncc1)CC1CCCO1. The quantitative estimate of drug-likeness (QED) is 0.880. The Morgan fingerprint density at radius 2 is 2.21 bits per heavy atom. The second-order valence-corrected chi connectivity index (χ2v) is 5.69. The number of rotatable bonds is 6. The molecule has 1 atom stereocenters. The third-order valence-electron chi connectivity index (χ3n) is 3.91. The molecule has 1 aliphatic heterocycles. The van der Waals surface area contributed by atoms with Crippen molar-refractivity contribution in [3.8, 4) is 0 Å². The summed E-state index contributed by atoms with van der Waals surface area (Å²) >= 11 is 0. The lowest BCUT2D eigenvalue weighted by molar-refractivity contribution is 0.0503. The minimum absolute atomic E-state index is 0.0163. The predicted molar refractivity (Wildman–Crippen MR) is 81.5 cm³/mol. The van der Waals surface area contributed by atoms with Crippen LogP contribution in [0.3, 0.4) is 0 Å². The standard InChI is InChI=1S/C16H18F2N4O2/c17-15(18)13-8-14(21-20-13)16(23)22(10-12-2-1-7-24-12)9-11-3-5-19-6-4-11/h3-6,8,12,15H,1-2,7,9-10H2,(H,20,21). The molecule has 1 unspecified atom stereocenters. The number of amides is 1. The van der Waals surface area contributed by atoms with E-state index in [-0.39, 0.29) is 17.5 Å². The molecule has 6 nitrogen and oxygen atoms in total. The fourth-order valence-electron chi connectivity index (χ4n) is 2.68. The van der Waals surface area contributed by atoms with Crippen LogP contribution in [0.4, 0.5) is 8.78 Å². The monoisotopic (exact) mass is 336 g/mol. The Hall–Kier alpha value is -2.35. The van der Waals surface area contributed by atoms with Crippen molar-refractivity contribution in [2.75, 3.05) is 13.2 Å². The Morgan fingerprint density at radius 1 is 1.42 bits per heavy atom. The number of pyridine rings is 1. The Labute approximate surface area is 137 Å². The van der Waals surface area contributed by atoms with E-state index in [2.05, 4.69) is 15.2 Å². The molecule has 0 bridgehead atoms. The van der Waals surface area contributed by atoms with Crippen LogP contribution in [0.1, 0.15) is 41.0 Å². The maximum atomic E-state index is 12.7. The maximum Gasteiger partial charge on any atom is 0.279 e. The number of nitrogens with zero attached hydrogens (tertiary/aromatic N) is 3. The van der Waals surface area contributed by atoms with Gasteiger partial charge < -0.3 is 9.64 Å². The first-order valence-electron chi connectivity index (χ1n) is 7.76. The number of carbonyl (C=O) groups is 1. The number of hydrogen-bond acceptors (Lipinski definition) is 4. The van der Waals surface area contributed by atoms with Gasteiger partial charge in [0, 0.05) is 32.1 Å². The summed E-state index contributed by atoms with van der Waals surface area (Å²) in [6.07, 6.45) is 2.40. The van der Waals surface area contributed by atoms with E-state index in [0.29, 0.717) is 19.7 Å². The van der Waals surface area contributed by atoms with E-state index in [4.69, 9.17) is 4.74 Å². The van der Waals surface area contributed by atoms with Gasteiger partial charge in [-0.05, 0) is 36.6 Å². The summed E-state index contributed by atoms with van der Waals surface area (Å²) in [5.41, 5.74) is 0.526. The number of halogens is 2. The van der Waals surface area contributed by atoms with Crippen LogP contribution >= 0.6 is 0 Å². The van der Waals surface area contributed by atoms with Crippen LogP contribution in [0.2, 0.25) is 0 Å². The number of aromatic nitrogens is 3. The molecule has 1 amide bonds. The van der Waals surface area contributed by atoms with Gasteiger partial charge in [-0.15, -0.1) is 0 Å². The summed E-state index contributed by atoms with van der Waals surface area (Å²) < 4.78 is 31.0. The van der Waals surface area contributed by atoms with E-state index in [1.165, 1.54) is 0 Å². The summed E-state index contributed by atoms with van der Waals surface area (Å²) in [4.78, 5) is 18.2. The molecule has 24 heavy (non-hydrogen) atoms. The Balaban J connectivity index is 1.77. The van der Waals surface area contributed by atoms with E-state index in [1.807, 2.05) is 12.1 Å². The summed E-state index contributed by atoms with van der Waals surface area (Å²) in [7, 11) is 0. The molecule has 128 valence electrons. The molecule has 2 aromatic rings. The summed E-state index contributed by atoms with van der Waals surface area (Å²) in [5.74, 6) is -0.398. The van der Waals surface area contributed by atoms with Crippen molar-refractivity contribution < 1.29 is 18.3 Å². The summed E-state index contributed by atoms with van der Waals surface area (Å²) in [6, 6.07) is 4.72. The highest BCUT2D eigenvalue weighted by atomic mass is 19.3. The molecule has 1 N–H and O–H groups in total. The lowest BCUT2D eigenvalue weighted by Gasteiger charge is -2.24. The molecule has 0 spiro atoms. The fourth-order valence-corrected chi connectivity index (χ4v) is 2.68. The number of alkyl halides is 2. The van der Waals surface area contributed by atoms with Gasteiger partial charge in [0.05, 0.1) is 6.10 Å². The van der Waals surface area contributed by atoms with Gasteiger partial charge in [0.25, 0.3) is 12.3 Å². The van der Waals surface area contributed by atoms with E-state index in [9.17, 15) is 13.6 Å². The minimum atomic E-state index is -2.69. The van der Waals surface area contributed by atoms with E-state index in [0.717, 1.165) is 24.5 Å². The molecule has 0 aromatic carbocycles. The van der Waals surface area contributed by atoms with Crippen molar-refractivity contribution in [1.82, 2.24) is 20.1 Å². The van der Waals surface area contributed by atoms with Crippen LogP contribution in [0, 0.1) is 0 Å². The van der Waals surface area contributed by atoms with Gasteiger partial charge in [-0.2, -0.15) is 5.10 Å². The van der Waals surface area contributed by atoms with Crippen LogP contribution in [-0.4, -0.2) is 45.2 Å². The van der Waals surface area contributed by atoms with Crippen molar-refractivity contribution >= 4 is 5.91 Å². The summed E-state index contributed by atoms with van der Waals surface area (Å²) in [5, 5.41) is 5.93. The van der Waals surface area contributed by atoms with Gasteiger partial charge in [-0.1, -0.05) is 0 Å². The molecule has 8 heteroatoms. The largest absolute Gasteiger partial charge is 0.376 e. The molecular formula is C16H18F2N4O2. The first-order valence-corrected chi connectivity index (χ1v) is 7.76. The first-order chi connectivity index (χ1) is 11.6. The molecule has 1 aliphatic rings. The Morgan fingerprint density at radius 3 is 2.83 bits per heavy atom. The Kier molecular flexibility index (Phi) is 5.14. The highest BCUT2D eigenvalue weighted by Crippen LogP contribution is 2.20. The highest BCUT2D eigenvalue weighted by molar-refractivity contribution is 5.92. The number of ether oxygens (including phenoxy) is 1. The molecule has 1 fully saturated rings. The van der Waals surface area contributed by atoms with Crippen molar-refractivity contribution in [3.63, 3.8) is 0 Å². The zero-order valence-electron chi connectivity index (χ0n) is 13.0. The number of aromatic amines is 1. The van der Waals surface area contributed by atoms with E-state index >= 15 is 0 Å². The molecule has 3 rings (SSSR count). The fraction of sp³-hybridized carbons (Fsp3) is 0.438. The predicted octanol–water partition coefficient (Wildman–Crippen LogP) is 2.56. The average molecular weight is 336 g/mol. The van der Waals surface area contributed by atoms with E-state index < -0.39 is 12.3 Å². The van der Waals surface area contributed by atoms with Gasteiger partial charge >= 0.3 is 0 Å². The van der Waals surface area contributed by atoms with Crippen LogP contribution in [-0.2, 0) is 11.3 Å². The van der Waals surface area contributed by atoms with Crippen LogP contribution in [0.25, 0.3) is 0 Å². The zero-order valence-corrected chi connectivity index (χ0v) is 13.0. The first kappa shape index (κ1) is 16.5. The molecule has 1 saturated heterocycles. The third-order valence-corrected chi connectivity index (χ3v) is 3.91. The number of carbonyl (C=O) groups excluding carboxylic acids is 1. The maximum absolute atomic E-state index is 12.7. The van der Waals surface area contributed by atoms with Crippen molar-refractivity contribution in [1.29, 1.82) is 0 Å². The van der Waals surface area contributed by atoms with Gasteiger partial charge in [0.2, 0.25) is 0 Å². The molecule has 0 saturated carbocycles. The normalized spacial score (nSPS) is 17.4. The van der Waals surface area contributed by atoms with Gasteiger partial charge in [-0.25, -0.2) is 8.78 Å². The molecule has 0 aliphatic carbocycles. The van der Waals surface area contributed by atoms with Gasteiger partial charge in [-0.3, -0.25) is 14.9 Å². The number of hydrogen-bond donors (Lipinski definition) is 1. The van der Waals surface area contributed by atoms with Crippen molar-refractivity contribution in [2.45, 2.75) is 31.9 Å². The molecule has 2 aromatic heterocycles. The van der Waals surface area contributed by atoms with Crippen LogP contribution in [0.5, 0.6) is 0 Å². The number of H-pyrrole nitrogens is 1. The van der Waals surface area contributed by atoms with E-state index in [1.54, 1.807) is 17.3 Å². The third kappa shape index (κ3) is 3.94. The summed E-state index contributed by atoms with van der Waals surface area (Å²) in [6.45, 7) is 1.43. The molecule has 0 radical (unpaired) electrons. The highest BCUT2D eigenvalue weighted by Gasteiger charge is 2.26. The zero-order chi connectivity index (χ0) is 16.9. The topological polar surface area (TPSA) is 71.1 Å². The number of nitrogens with one attached hydrogen (secondary N) is 1. The average Bonchev–Trinajstić information content (AvgIpc) is 3.26. The Bertz CT molecular complexity index is 672. The lowest BCUT2D eigenvalue weighted by atomic mass is 10.2. The van der Waals surface area contributed by atoms with Crippen molar-refractivity contribution in [2.24, 2.45) is 0 Å². The van der Waals surface area contributed by atoms with Gasteiger partial charge in [0.1, 0.15) is 5.69 Å². The van der Waals surface area contributed by atoms with Crippen LogP contribution in [0.15, 0.2) is 30.6 Å². The second-order valence-electron chi connectivity index (χ2n) is 5.69. The minimum Gasteiger partial charge on any atom is -0.376 e. The molecule has 3 heterocycles. The van der Waals surface area contributed by atoms with Crippen molar-refractivity contribution in [3.05, 3.63) is 47.5 Å². The second kappa shape index (κ2) is 7.48. The van der Waals surface area contributed by atoms with Gasteiger partial charge in [0.15, 0.2) is 5.69 Å². The smallest absolute Gasteiger partial charge is 0.279 e.